The van der Waals surface area contributed by atoms with Crippen molar-refractivity contribution in [1.82, 2.24) is 20.2 Å². The molecular formula is C20H19N5O3. The van der Waals surface area contributed by atoms with E-state index in [-0.39, 0.29) is 12.5 Å². The van der Waals surface area contributed by atoms with E-state index in [2.05, 4.69) is 20.7 Å². The van der Waals surface area contributed by atoms with Gasteiger partial charge in [-0.3, -0.25) is 4.79 Å². The standard InChI is InChI=1S/C20H19N5O3/c1-2-28-19(27)13-10-15-8-11-17(12-9-15)21-18(26)14-25-23-20(22-24-25)16-6-4-3-5-7-16/h3-13H,2,14H2,1H3,(H,21,26)/b13-10+. The first-order valence-electron chi connectivity index (χ1n) is 8.72. The molecule has 1 amide bonds. The van der Waals surface area contributed by atoms with Crippen molar-refractivity contribution >= 4 is 23.6 Å². The van der Waals surface area contributed by atoms with Gasteiger partial charge in [0.1, 0.15) is 6.54 Å². The molecule has 0 saturated heterocycles. The molecule has 0 spiro atoms. The van der Waals surface area contributed by atoms with Gasteiger partial charge in [-0.2, -0.15) is 4.80 Å². The topological polar surface area (TPSA) is 99.0 Å². The third-order valence-electron chi connectivity index (χ3n) is 3.66. The summed E-state index contributed by atoms with van der Waals surface area (Å²) < 4.78 is 4.82. The highest BCUT2D eigenvalue weighted by Crippen LogP contribution is 2.13. The highest BCUT2D eigenvalue weighted by atomic mass is 16.5. The van der Waals surface area contributed by atoms with E-state index in [1.165, 1.54) is 10.9 Å². The van der Waals surface area contributed by atoms with Gasteiger partial charge in [0.05, 0.1) is 6.61 Å². The molecule has 0 bridgehead atoms. The first-order valence-corrected chi connectivity index (χ1v) is 8.72. The van der Waals surface area contributed by atoms with E-state index in [0.29, 0.717) is 18.1 Å². The summed E-state index contributed by atoms with van der Waals surface area (Å²) in [7, 11) is 0. The minimum absolute atomic E-state index is 0.0512. The lowest BCUT2D eigenvalue weighted by atomic mass is 10.2. The Bertz CT molecular complexity index is 965. The third-order valence-corrected chi connectivity index (χ3v) is 3.66. The summed E-state index contributed by atoms with van der Waals surface area (Å²) in [5.41, 5.74) is 2.28. The van der Waals surface area contributed by atoms with Crippen molar-refractivity contribution in [3.05, 3.63) is 66.2 Å². The van der Waals surface area contributed by atoms with Crippen LogP contribution in [0.3, 0.4) is 0 Å². The molecule has 0 aliphatic heterocycles. The minimum atomic E-state index is -0.393. The lowest BCUT2D eigenvalue weighted by Gasteiger charge is -2.04. The highest BCUT2D eigenvalue weighted by molar-refractivity contribution is 5.91. The Morgan fingerprint density at radius 3 is 2.57 bits per heavy atom. The van der Waals surface area contributed by atoms with Crippen LogP contribution in [0.15, 0.2) is 60.7 Å². The van der Waals surface area contributed by atoms with Crippen LogP contribution in [0.2, 0.25) is 0 Å². The van der Waals surface area contributed by atoms with Gasteiger partial charge >= 0.3 is 5.97 Å². The predicted molar refractivity (Wildman–Crippen MR) is 104 cm³/mol. The fourth-order valence-corrected chi connectivity index (χ4v) is 2.37. The Morgan fingerprint density at radius 1 is 1.11 bits per heavy atom. The predicted octanol–water partition coefficient (Wildman–Crippen LogP) is 2.56. The maximum absolute atomic E-state index is 12.2. The molecule has 0 aliphatic rings. The molecule has 28 heavy (non-hydrogen) atoms. The average molecular weight is 377 g/mol. The monoisotopic (exact) mass is 377 g/mol. The number of rotatable bonds is 7. The van der Waals surface area contributed by atoms with Crippen molar-refractivity contribution in [3.63, 3.8) is 0 Å². The van der Waals surface area contributed by atoms with Crippen LogP contribution in [0.1, 0.15) is 12.5 Å². The lowest BCUT2D eigenvalue weighted by Crippen LogP contribution is -2.20. The Labute approximate surface area is 161 Å². The van der Waals surface area contributed by atoms with Crippen molar-refractivity contribution in [1.29, 1.82) is 0 Å². The summed E-state index contributed by atoms with van der Waals surface area (Å²) in [6, 6.07) is 16.5. The third kappa shape index (κ3) is 5.34. The molecule has 0 unspecified atom stereocenters. The second kappa shape index (κ2) is 9.22. The molecule has 0 radical (unpaired) electrons. The summed E-state index contributed by atoms with van der Waals surface area (Å²) in [6.07, 6.45) is 3.01. The molecule has 3 rings (SSSR count). The number of carbonyl (C=O) groups excluding carboxylic acids is 2. The van der Waals surface area contributed by atoms with Crippen molar-refractivity contribution in [2.24, 2.45) is 0 Å². The van der Waals surface area contributed by atoms with Crippen LogP contribution in [0.25, 0.3) is 17.5 Å². The molecule has 142 valence electrons. The summed E-state index contributed by atoms with van der Waals surface area (Å²) in [6.45, 7) is 2.03. The van der Waals surface area contributed by atoms with Crippen molar-refractivity contribution in [2.45, 2.75) is 13.5 Å². The van der Waals surface area contributed by atoms with Gasteiger partial charge in [0.25, 0.3) is 0 Å². The van der Waals surface area contributed by atoms with Crippen LogP contribution >= 0.6 is 0 Å². The van der Waals surface area contributed by atoms with Gasteiger partial charge in [-0.25, -0.2) is 4.79 Å². The van der Waals surface area contributed by atoms with Gasteiger partial charge in [-0.15, -0.1) is 10.2 Å². The molecule has 0 aliphatic carbocycles. The number of nitrogens with one attached hydrogen (secondary N) is 1. The first-order chi connectivity index (χ1) is 13.6. The molecule has 1 aromatic heterocycles. The van der Waals surface area contributed by atoms with E-state index in [4.69, 9.17) is 4.74 Å². The summed E-state index contributed by atoms with van der Waals surface area (Å²) in [5.74, 6) is -0.201. The minimum Gasteiger partial charge on any atom is -0.463 e. The van der Waals surface area contributed by atoms with Crippen molar-refractivity contribution in [2.75, 3.05) is 11.9 Å². The Morgan fingerprint density at radius 2 is 1.86 bits per heavy atom. The van der Waals surface area contributed by atoms with Gasteiger partial charge in [-0.1, -0.05) is 42.5 Å². The average Bonchev–Trinajstić information content (AvgIpc) is 3.17. The highest BCUT2D eigenvalue weighted by Gasteiger charge is 2.09. The van der Waals surface area contributed by atoms with Crippen LogP contribution in [0.4, 0.5) is 5.69 Å². The number of aromatic nitrogens is 4. The largest absolute Gasteiger partial charge is 0.463 e. The van der Waals surface area contributed by atoms with Gasteiger partial charge < -0.3 is 10.1 Å². The molecule has 1 N–H and O–H groups in total. The number of hydrogen-bond donors (Lipinski definition) is 1. The molecule has 3 aromatic rings. The van der Waals surface area contributed by atoms with Gasteiger partial charge in [0.2, 0.25) is 11.7 Å². The Kier molecular flexibility index (Phi) is 6.25. The zero-order valence-electron chi connectivity index (χ0n) is 15.3. The summed E-state index contributed by atoms with van der Waals surface area (Å²) in [5, 5.41) is 14.8. The van der Waals surface area contributed by atoms with E-state index in [1.54, 1.807) is 37.3 Å². The summed E-state index contributed by atoms with van der Waals surface area (Å²) >= 11 is 0. The number of carbonyl (C=O) groups is 2. The molecule has 8 nitrogen and oxygen atoms in total. The van der Waals surface area contributed by atoms with Crippen molar-refractivity contribution in [3.8, 4) is 11.4 Å². The van der Waals surface area contributed by atoms with Crippen LogP contribution < -0.4 is 5.32 Å². The quantitative estimate of drug-likeness (QED) is 0.502. The molecule has 2 aromatic carbocycles. The molecule has 8 heteroatoms. The Hall–Kier alpha value is -3.81. The lowest BCUT2D eigenvalue weighted by molar-refractivity contribution is -0.137. The van der Waals surface area contributed by atoms with Crippen LogP contribution in [-0.2, 0) is 20.9 Å². The molecule has 0 atom stereocenters. The van der Waals surface area contributed by atoms with E-state index >= 15 is 0 Å². The number of ether oxygens (including phenoxy) is 1. The molecule has 1 heterocycles. The van der Waals surface area contributed by atoms with E-state index in [1.807, 2.05) is 30.3 Å². The summed E-state index contributed by atoms with van der Waals surface area (Å²) in [4.78, 5) is 24.7. The smallest absolute Gasteiger partial charge is 0.330 e. The number of esters is 1. The molecular weight excluding hydrogens is 358 g/mol. The van der Waals surface area contributed by atoms with Crippen LogP contribution in [0, 0.1) is 0 Å². The number of hydrogen-bond acceptors (Lipinski definition) is 6. The number of benzene rings is 2. The fraction of sp³-hybridized carbons (Fsp3) is 0.150. The maximum atomic E-state index is 12.2. The second-order valence-corrected chi connectivity index (χ2v) is 5.77. The van der Waals surface area contributed by atoms with Gasteiger partial charge in [0, 0.05) is 17.3 Å². The van der Waals surface area contributed by atoms with E-state index in [9.17, 15) is 9.59 Å². The number of tetrazole rings is 1. The second-order valence-electron chi connectivity index (χ2n) is 5.77. The SMILES string of the molecule is CCOC(=O)/C=C/c1ccc(NC(=O)Cn2nnc(-c3ccccc3)n2)cc1. The van der Waals surface area contributed by atoms with E-state index < -0.39 is 5.97 Å². The first kappa shape index (κ1) is 19.0. The van der Waals surface area contributed by atoms with Crippen molar-refractivity contribution < 1.29 is 14.3 Å². The zero-order chi connectivity index (χ0) is 19.8. The normalized spacial score (nSPS) is 10.8. The van der Waals surface area contributed by atoms with Crippen LogP contribution in [0.5, 0.6) is 0 Å². The number of amides is 1. The zero-order valence-corrected chi connectivity index (χ0v) is 15.3. The maximum Gasteiger partial charge on any atom is 0.330 e. The number of anilines is 1. The molecule has 0 saturated carbocycles. The fourth-order valence-electron chi connectivity index (χ4n) is 2.37. The number of nitrogens with zero attached hydrogens (tertiary/aromatic N) is 4. The molecule has 0 fully saturated rings. The van der Waals surface area contributed by atoms with Gasteiger partial charge in [0.15, 0.2) is 0 Å². The Balaban J connectivity index is 1.55. The van der Waals surface area contributed by atoms with Gasteiger partial charge in [-0.05, 0) is 35.9 Å². The van der Waals surface area contributed by atoms with E-state index in [0.717, 1.165) is 11.1 Å². The van der Waals surface area contributed by atoms with Crippen LogP contribution in [-0.4, -0.2) is 38.7 Å².